The van der Waals surface area contributed by atoms with Gasteiger partial charge in [0.05, 0.1) is 16.8 Å². The van der Waals surface area contributed by atoms with Crippen LogP contribution in [-0.2, 0) is 19.3 Å². The van der Waals surface area contributed by atoms with Gasteiger partial charge in [-0.3, -0.25) is 4.98 Å². The van der Waals surface area contributed by atoms with Crippen molar-refractivity contribution in [1.82, 2.24) is 10.3 Å². The van der Waals surface area contributed by atoms with E-state index in [1.807, 2.05) is 12.1 Å². The van der Waals surface area contributed by atoms with Crippen molar-refractivity contribution in [2.45, 2.75) is 38.6 Å². The Kier molecular flexibility index (Phi) is 4.57. The molecule has 1 atom stereocenters. The Morgan fingerprint density at radius 1 is 1.19 bits per heavy atom. The number of nitrogens with zero attached hydrogens (tertiary/aromatic N) is 1. The van der Waals surface area contributed by atoms with Crippen LogP contribution in [0.3, 0.4) is 0 Å². The van der Waals surface area contributed by atoms with Crippen molar-refractivity contribution in [3.63, 3.8) is 0 Å². The molecule has 0 radical (unpaired) electrons. The molecule has 1 unspecified atom stereocenters. The van der Waals surface area contributed by atoms with Crippen molar-refractivity contribution in [2.75, 3.05) is 6.54 Å². The lowest BCUT2D eigenvalue weighted by molar-refractivity contribution is 0.536. The minimum absolute atomic E-state index is 0.242. The number of hydrogen-bond acceptors (Lipinski definition) is 2. The Bertz CT molecular complexity index is 607. The SMILES string of the molecule is CCNC(Cc1ccc2c(c1)CCC2)c1ccc(Cl)cn1. The topological polar surface area (TPSA) is 24.9 Å². The van der Waals surface area contributed by atoms with E-state index in [4.69, 9.17) is 11.6 Å². The van der Waals surface area contributed by atoms with Gasteiger partial charge in [-0.15, -0.1) is 0 Å². The van der Waals surface area contributed by atoms with E-state index in [1.54, 1.807) is 6.20 Å². The van der Waals surface area contributed by atoms with Crippen LogP contribution in [0.5, 0.6) is 0 Å². The molecule has 0 saturated carbocycles. The molecule has 0 amide bonds. The van der Waals surface area contributed by atoms with Crippen LogP contribution in [0.2, 0.25) is 5.02 Å². The van der Waals surface area contributed by atoms with E-state index in [2.05, 4.69) is 35.4 Å². The zero-order valence-corrected chi connectivity index (χ0v) is 13.2. The largest absolute Gasteiger partial charge is 0.309 e. The van der Waals surface area contributed by atoms with Gasteiger partial charge >= 0.3 is 0 Å². The summed E-state index contributed by atoms with van der Waals surface area (Å²) in [4.78, 5) is 4.47. The molecule has 1 aliphatic rings. The highest BCUT2D eigenvalue weighted by Crippen LogP contribution is 2.25. The summed E-state index contributed by atoms with van der Waals surface area (Å²) >= 11 is 5.93. The van der Waals surface area contributed by atoms with E-state index < -0.39 is 0 Å². The quantitative estimate of drug-likeness (QED) is 0.898. The first-order valence-corrected chi connectivity index (χ1v) is 8.09. The lowest BCUT2D eigenvalue weighted by atomic mass is 9.99. The van der Waals surface area contributed by atoms with Crippen LogP contribution in [0.15, 0.2) is 36.5 Å². The number of hydrogen-bond donors (Lipinski definition) is 1. The van der Waals surface area contributed by atoms with Crippen molar-refractivity contribution in [2.24, 2.45) is 0 Å². The van der Waals surface area contributed by atoms with Crippen LogP contribution in [0, 0.1) is 0 Å². The minimum atomic E-state index is 0.242. The molecular weight excluding hydrogens is 280 g/mol. The van der Waals surface area contributed by atoms with Crippen LogP contribution in [0.25, 0.3) is 0 Å². The molecule has 1 N–H and O–H groups in total. The summed E-state index contributed by atoms with van der Waals surface area (Å²) < 4.78 is 0. The Morgan fingerprint density at radius 3 is 2.81 bits per heavy atom. The number of rotatable bonds is 5. The van der Waals surface area contributed by atoms with Crippen LogP contribution in [0.4, 0.5) is 0 Å². The third kappa shape index (κ3) is 3.45. The molecule has 3 heteroatoms. The predicted octanol–water partition coefficient (Wildman–Crippen LogP) is 4.12. The third-order valence-electron chi connectivity index (χ3n) is 4.16. The van der Waals surface area contributed by atoms with Crippen LogP contribution in [-0.4, -0.2) is 11.5 Å². The fraction of sp³-hybridized carbons (Fsp3) is 0.389. The number of aryl methyl sites for hydroxylation is 2. The zero-order chi connectivity index (χ0) is 14.7. The fourth-order valence-corrected chi connectivity index (χ4v) is 3.22. The van der Waals surface area contributed by atoms with E-state index in [0.717, 1.165) is 18.7 Å². The highest BCUT2D eigenvalue weighted by Gasteiger charge is 2.15. The fourth-order valence-electron chi connectivity index (χ4n) is 3.11. The van der Waals surface area contributed by atoms with E-state index in [-0.39, 0.29) is 6.04 Å². The minimum Gasteiger partial charge on any atom is -0.309 e. The molecule has 1 aliphatic carbocycles. The highest BCUT2D eigenvalue weighted by atomic mass is 35.5. The molecule has 110 valence electrons. The second-order valence-corrected chi connectivity index (χ2v) is 6.11. The maximum absolute atomic E-state index is 5.93. The zero-order valence-electron chi connectivity index (χ0n) is 12.4. The first-order chi connectivity index (χ1) is 10.3. The first-order valence-electron chi connectivity index (χ1n) is 7.72. The van der Waals surface area contributed by atoms with Crippen molar-refractivity contribution in [3.05, 3.63) is 63.9 Å². The molecule has 2 nitrogen and oxygen atoms in total. The summed E-state index contributed by atoms with van der Waals surface area (Å²) in [6.07, 6.45) is 6.47. The smallest absolute Gasteiger partial charge is 0.0589 e. The molecule has 21 heavy (non-hydrogen) atoms. The van der Waals surface area contributed by atoms with Gasteiger partial charge in [0.15, 0.2) is 0 Å². The molecule has 1 aromatic carbocycles. The Hall–Kier alpha value is -1.38. The molecule has 3 rings (SSSR count). The van der Waals surface area contributed by atoms with Gasteiger partial charge in [0.25, 0.3) is 0 Å². The number of fused-ring (bicyclic) bond motifs is 1. The lowest BCUT2D eigenvalue weighted by Crippen LogP contribution is -2.23. The van der Waals surface area contributed by atoms with Gasteiger partial charge in [-0.25, -0.2) is 0 Å². The van der Waals surface area contributed by atoms with Crippen molar-refractivity contribution in [1.29, 1.82) is 0 Å². The maximum Gasteiger partial charge on any atom is 0.0589 e. The number of nitrogens with one attached hydrogen (secondary N) is 1. The van der Waals surface area contributed by atoms with E-state index >= 15 is 0 Å². The average Bonchev–Trinajstić information content (AvgIpc) is 2.95. The molecular formula is C18H21ClN2. The van der Waals surface area contributed by atoms with Gasteiger partial charge in [0, 0.05) is 6.20 Å². The summed E-state index contributed by atoms with van der Waals surface area (Å²) in [7, 11) is 0. The summed E-state index contributed by atoms with van der Waals surface area (Å²) in [5.74, 6) is 0. The third-order valence-corrected chi connectivity index (χ3v) is 4.38. The highest BCUT2D eigenvalue weighted by molar-refractivity contribution is 6.30. The number of benzene rings is 1. The summed E-state index contributed by atoms with van der Waals surface area (Å²) in [5, 5.41) is 4.22. The normalized spacial score (nSPS) is 15.0. The van der Waals surface area contributed by atoms with E-state index in [0.29, 0.717) is 5.02 Å². The van der Waals surface area contributed by atoms with Gasteiger partial charge in [0.1, 0.15) is 0 Å². The number of halogens is 1. The second kappa shape index (κ2) is 6.59. The Labute approximate surface area is 131 Å². The van der Waals surface area contributed by atoms with Crippen molar-refractivity contribution < 1.29 is 0 Å². The number of likely N-dealkylation sites (N-methyl/N-ethyl adjacent to an activating group) is 1. The van der Waals surface area contributed by atoms with Crippen LogP contribution in [0.1, 0.15) is 41.8 Å². The molecule has 0 fully saturated rings. The maximum atomic E-state index is 5.93. The standard InChI is InChI=1S/C18H21ClN2/c1-2-20-18(17-9-8-16(19)12-21-17)11-13-6-7-14-4-3-5-15(14)10-13/h6-10,12,18,20H,2-5,11H2,1H3. The van der Waals surface area contributed by atoms with Gasteiger partial charge in [0.2, 0.25) is 0 Å². The molecule has 0 spiro atoms. The summed E-state index contributed by atoms with van der Waals surface area (Å²) in [5.41, 5.74) is 5.51. The number of pyridine rings is 1. The molecule has 0 aliphatic heterocycles. The summed E-state index contributed by atoms with van der Waals surface area (Å²) in [6.45, 7) is 3.06. The monoisotopic (exact) mass is 300 g/mol. The Morgan fingerprint density at radius 2 is 2.05 bits per heavy atom. The lowest BCUT2D eigenvalue weighted by Gasteiger charge is -2.18. The predicted molar refractivity (Wildman–Crippen MR) is 87.8 cm³/mol. The number of aromatic nitrogens is 1. The Balaban J connectivity index is 1.80. The average molecular weight is 301 g/mol. The van der Waals surface area contributed by atoms with Gasteiger partial charge < -0.3 is 5.32 Å². The van der Waals surface area contributed by atoms with E-state index in [9.17, 15) is 0 Å². The van der Waals surface area contributed by atoms with Crippen molar-refractivity contribution >= 4 is 11.6 Å². The van der Waals surface area contributed by atoms with Gasteiger partial charge in [-0.05, 0) is 61.1 Å². The summed E-state index contributed by atoms with van der Waals surface area (Å²) in [6, 6.07) is 11.1. The first kappa shape index (κ1) is 14.6. The molecule has 1 aromatic heterocycles. The van der Waals surface area contributed by atoms with Crippen molar-refractivity contribution in [3.8, 4) is 0 Å². The molecule has 1 heterocycles. The molecule has 0 saturated heterocycles. The molecule has 0 bridgehead atoms. The van der Waals surface area contributed by atoms with Gasteiger partial charge in [-0.2, -0.15) is 0 Å². The van der Waals surface area contributed by atoms with E-state index in [1.165, 1.54) is 36.0 Å². The second-order valence-electron chi connectivity index (χ2n) is 5.67. The van der Waals surface area contributed by atoms with Gasteiger partial charge in [-0.1, -0.05) is 36.7 Å². The van der Waals surface area contributed by atoms with Crippen LogP contribution < -0.4 is 5.32 Å². The molecule has 2 aromatic rings. The van der Waals surface area contributed by atoms with Crippen LogP contribution >= 0.6 is 11.6 Å².